The normalized spacial score (nSPS) is 23.1. The Morgan fingerprint density at radius 2 is 1.94 bits per heavy atom. The summed E-state index contributed by atoms with van der Waals surface area (Å²) in [5, 5.41) is 6.80. The van der Waals surface area contributed by atoms with Gasteiger partial charge in [0.05, 0.1) is 19.4 Å². The van der Waals surface area contributed by atoms with E-state index in [0.717, 1.165) is 0 Å². The number of anilines is 1. The molecule has 4 rings (SSSR count). The standard InChI is InChI=1S/C18H22F4N6O4S/c1-27-8-12(6-24-27)33(29,30)28-4-2-11(3-5-28)25-17-23-7-13(18(20,21)22)16(26-17)32-15-10-31-9-14(15)19/h6-8,11,14-15H,2-5,9-10H2,1H3,(H,23,25,26)/t14-,15+/m0/s1. The van der Waals surface area contributed by atoms with Crippen molar-refractivity contribution in [3.8, 4) is 5.88 Å². The number of alkyl halides is 4. The Hall–Kier alpha value is -2.52. The highest BCUT2D eigenvalue weighted by Crippen LogP contribution is 2.36. The lowest BCUT2D eigenvalue weighted by Gasteiger charge is -2.31. The number of rotatable bonds is 6. The van der Waals surface area contributed by atoms with E-state index in [1.54, 1.807) is 7.05 Å². The zero-order chi connectivity index (χ0) is 23.8. The SMILES string of the molecule is Cn1cc(S(=O)(=O)N2CCC(Nc3ncc(C(F)(F)F)c(O[C@@H]4COC[C@@H]4F)n3)CC2)cn1. The molecule has 2 aromatic heterocycles. The molecule has 0 bridgehead atoms. The summed E-state index contributed by atoms with van der Waals surface area (Å²) in [5.41, 5.74) is -1.22. The van der Waals surface area contributed by atoms with E-state index in [1.165, 1.54) is 21.4 Å². The number of aryl methyl sites for hydroxylation is 1. The van der Waals surface area contributed by atoms with Crippen LogP contribution in [-0.2, 0) is 28.0 Å². The third-order valence-corrected chi connectivity index (χ3v) is 7.24. The molecule has 2 saturated heterocycles. The Labute approximate surface area is 186 Å². The first-order chi connectivity index (χ1) is 15.5. The fourth-order valence-electron chi connectivity index (χ4n) is 3.58. The van der Waals surface area contributed by atoms with Crippen molar-refractivity contribution in [2.75, 3.05) is 31.6 Å². The largest absolute Gasteiger partial charge is 0.468 e. The molecule has 0 amide bonds. The molecule has 4 heterocycles. The van der Waals surface area contributed by atoms with Crippen molar-refractivity contribution in [2.24, 2.45) is 7.05 Å². The number of halogens is 4. The van der Waals surface area contributed by atoms with E-state index in [4.69, 9.17) is 9.47 Å². The van der Waals surface area contributed by atoms with Gasteiger partial charge in [-0.25, -0.2) is 17.8 Å². The molecule has 0 unspecified atom stereocenters. The maximum atomic E-state index is 13.8. The molecule has 0 aromatic carbocycles. The molecule has 0 aliphatic carbocycles. The lowest BCUT2D eigenvalue weighted by Crippen LogP contribution is -2.42. The van der Waals surface area contributed by atoms with Crippen LogP contribution in [0, 0.1) is 0 Å². The van der Waals surface area contributed by atoms with Gasteiger partial charge in [0.1, 0.15) is 10.5 Å². The van der Waals surface area contributed by atoms with E-state index >= 15 is 0 Å². The predicted octanol–water partition coefficient (Wildman–Crippen LogP) is 1.61. The average Bonchev–Trinajstić information content (AvgIpc) is 3.36. The molecule has 2 aromatic rings. The van der Waals surface area contributed by atoms with Gasteiger partial charge in [-0.3, -0.25) is 4.68 Å². The number of ether oxygens (including phenoxy) is 2. The summed E-state index contributed by atoms with van der Waals surface area (Å²) in [6.07, 6.45) is -3.53. The van der Waals surface area contributed by atoms with Gasteiger partial charge in [0.25, 0.3) is 0 Å². The number of piperidine rings is 1. The lowest BCUT2D eigenvalue weighted by atomic mass is 10.1. The Morgan fingerprint density at radius 3 is 2.52 bits per heavy atom. The van der Waals surface area contributed by atoms with Gasteiger partial charge in [0.2, 0.25) is 21.9 Å². The van der Waals surface area contributed by atoms with Crippen LogP contribution in [0.2, 0.25) is 0 Å². The van der Waals surface area contributed by atoms with Crippen LogP contribution in [0.3, 0.4) is 0 Å². The summed E-state index contributed by atoms with van der Waals surface area (Å²) < 4.78 is 92.0. The van der Waals surface area contributed by atoms with E-state index in [9.17, 15) is 26.0 Å². The molecule has 0 radical (unpaired) electrons. The van der Waals surface area contributed by atoms with E-state index in [0.29, 0.717) is 19.0 Å². The highest BCUT2D eigenvalue weighted by Gasteiger charge is 2.39. The average molecular weight is 494 g/mol. The number of nitrogens with one attached hydrogen (secondary N) is 1. The predicted molar refractivity (Wildman–Crippen MR) is 106 cm³/mol. The number of hydrogen-bond donors (Lipinski definition) is 1. The van der Waals surface area contributed by atoms with Crippen LogP contribution in [0.25, 0.3) is 0 Å². The lowest BCUT2D eigenvalue weighted by molar-refractivity contribution is -0.140. The van der Waals surface area contributed by atoms with Crippen molar-refractivity contribution in [2.45, 2.75) is 42.2 Å². The van der Waals surface area contributed by atoms with Gasteiger partial charge in [0.15, 0.2) is 12.3 Å². The van der Waals surface area contributed by atoms with E-state index in [1.807, 2.05) is 0 Å². The molecule has 2 aliphatic heterocycles. The topological polar surface area (TPSA) is 111 Å². The number of hydrogen-bond acceptors (Lipinski definition) is 8. The maximum absolute atomic E-state index is 13.8. The van der Waals surface area contributed by atoms with Crippen molar-refractivity contribution >= 4 is 16.0 Å². The molecule has 33 heavy (non-hydrogen) atoms. The molecule has 2 atom stereocenters. The minimum atomic E-state index is -4.79. The van der Waals surface area contributed by atoms with Crippen LogP contribution < -0.4 is 10.1 Å². The summed E-state index contributed by atoms with van der Waals surface area (Å²) in [4.78, 5) is 7.63. The number of aromatic nitrogens is 4. The highest BCUT2D eigenvalue weighted by atomic mass is 32.2. The van der Waals surface area contributed by atoms with Crippen LogP contribution in [0.4, 0.5) is 23.5 Å². The first-order valence-corrected chi connectivity index (χ1v) is 11.6. The van der Waals surface area contributed by atoms with Gasteiger partial charge in [0, 0.05) is 38.6 Å². The van der Waals surface area contributed by atoms with Crippen molar-refractivity contribution in [3.05, 3.63) is 24.2 Å². The van der Waals surface area contributed by atoms with Crippen LogP contribution in [0.1, 0.15) is 18.4 Å². The summed E-state index contributed by atoms with van der Waals surface area (Å²) in [6, 6.07) is -0.279. The second kappa shape index (κ2) is 9.02. The van der Waals surface area contributed by atoms with Gasteiger partial charge in [-0.05, 0) is 12.8 Å². The summed E-state index contributed by atoms with van der Waals surface area (Å²) in [7, 11) is -2.07. The fraction of sp³-hybridized carbons (Fsp3) is 0.611. The van der Waals surface area contributed by atoms with Crippen LogP contribution in [0.5, 0.6) is 5.88 Å². The zero-order valence-corrected chi connectivity index (χ0v) is 18.3. The Morgan fingerprint density at radius 1 is 1.21 bits per heavy atom. The van der Waals surface area contributed by atoms with Crippen molar-refractivity contribution in [3.63, 3.8) is 0 Å². The van der Waals surface area contributed by atoms with Crippen molar-refractivity contribution in [1.82, 2.24) is 24.1 Å². The molecule has 1 N–H and O–H groups in total. The first kappa shape index (κ1) is 23.6. The van der Waals surface area contributed by atoms with E-state index in [-0.39, 0.29) is 43.2 Å². The summed E-state index contributed by atoms with van der Waals surface area (Å²) in [6.45, 7) is -0.0541. The molecule has 10 nitrogen and oxygen atoms in total. The molecule has 2 fully saturated rings. The Kier molecular flexibility index (Phi) is 6.46. The highest BCUT2D eigenvalue weighted by molar-refractivity contribution is 7.89. The van der Waals surface area contributed by atoms with Crippen LogP contribution >= 0.6 is 0 Å². The smallest absolute Gasteiger partial charge is 0.423 e. The number of sulfonamides is 1. The number of nitrogens with zero attached hydrogens (tertiary/aromatic N) is 5. The first-order valence-electron chi connectivity index (χ1n) is 10.1. The van der Waals surface area contributed by atoms with Gasteiger partial charge < -0.3 is 14.8 Å². The molecular formula is C18H22F4N6O4S. The second-order valence-electron chi connectivity index (χ2n) is 7.79. The molecule has 2 aliphatic rings. The third kappa shape index (κ3) is 5.19. The minimum absolute atomic E-state index is 0.0892. The van der Waals surface area contributed by atoms with Gasteiger partial charge in [-0.2, -0.15) is 27.6 Å². The minimum Gasteiger partial charge on any atom is -0.468 e. The monoisotopic (exact) mass is 494 g/mol. The second-order valence-corrected chi connectivity index (χ2v) is 9.73. The summed E-state index contributed by atoms with van der Waals surface area (Å²) >= 11 is 0. The van der Waals surface area contributed by atoms with Crippen molar-refractivity contribution < 1.29 is 35.5 Å². The maximum Gasteiger partial charge on any atom is 0.423 e. The fourth-order valence-corrected chi connectivity index (χ4v) is 5.04. The molecule has 15 heteroatoms. The van der Waals surface area contributed by atoms with Gasteiger partial charge >= 0.3 is 6.18 Å². The zero-order valence-electron chi connectivity index (χ0n) is 17.5. The molecule has 0 saturated carbocycles. The van der Waals surface area contributed by atoms with Crippen LogP contribution in [-0.4, -0.2) is 77.1 Å². The Balaban J connectivity index is 1.43. The quantitative estimate of drug-likeness (QED) is 0.603. The summed E-state index contributed by atoms with van der Waals surface area (Å²) in [5.74, 6) is -0.907. The molecule has 182 valence electrons. The van der Waals surface area contributed by atoms with E-state index in [2.05, 4.69) is 20.4 Å². The van der Waals surface area contributed by atoms with Crippen molar-refractivity contribution in [1.29, 1.82) is 0 Å². The molecule has 0 spiro atoms. The van der Waals surface area contributed by atoms with Gasteiger partial charge in [-0.1, -0.05) is 0 Å². The van der Waals surface area contributed by atoms with E-state index < -0.39 is 39.9 Å². The van der Waals surface area contributed by atoms with Crippen LogP contribution in [0.15, 0.2) is 23.5 Å². The molecular weight excluding hydrogens is 472 g/mol. The Bertz CT molecular complexity index is 1090. The third-order valence-electron chi connectivity index (χ3n) is 5.39. The van der Waals surface area contributed by atoms with Gasteiger partial charge in [-0.15, -0.1) is 0 Å².